The van der Waals surface area contributed by atoms with E-state index in [0.717, 1.165) is 10.9 Å². The van der Waals surface area contributed by atoms with Crippen LogP contribution in [0.15, 0.2) is 47.5 Å². The third-order valence-electron chi connectivity index (χ3n) is 4.15. The maximum absolute atomic E-state index is 10.9. The smallest absolute Gasteiger partial charge is 0.205 e. The summed E-state index contributed by atoms with van der Waals surface area (Å²) in [4.78, 5) is 4.38. The zero-order chi connectivity index (χ0) is 18.0. The Morgan fingerprint density at radius 2 is 1.80 bits per heavy atom. The highest BCUT2D eigenvalue weighted by atomic mass is 35.5. The van der Waals surface area contributed by atoms with Crippen molar-refractivity contribution in [3.8, 4) is 11.6 Å². The van der Waals surface area contributed by atoms with Gasteiger partial charge in [0.25, 0.3) is 0 Å². The molecule has 0 aliphatic heterocycles. The summed E-state index contributed by atoms with van der Waals surface area (Å²) in [7, 11) is 0. The van der Waals surface area contributed by atoms with Gasteiger partial charge in [-0.05, 0) is 24.6 Å². The van der Waals surface area contributed by atoms with Crippen LogP contribution in [0.3, 0.4) is 0 Å². The van der Waals surface area contributed by atoms with Gasteiger partial charge >= 0.3 is 0 Å². The van der Waals surface area contributed by atoms with Crippen molar-refractivity contribution in [3.63, 3.8) is 0 Å². The number of halogens is 2. The zero-order valence-electron chi connectivity index (χ0n) is 13.7. The summed E-state index contributed by atoms with van der Waals surface area (Å²) >= 11 is 12.7. The number of aliphatic hydroxyl groups excluding tert-OH is 1. The van der Waals surface area contributed by atoms with E-state index in [1.807, 2.05) is 31.2 Å². The van der Waals surface area contributed by atoms with Crippen molar-refractivity contribution in [1.29, 1.82) is 0 Å². The predicted octanol–water partition coefficient (Wildman–Crippen LogP) is 4.83. The molecule has 2 aromatic carbocycles. The molecule has 0 saturated heterocycles. The molecule has 1 aromatic heterocycles. The van der Waals surface area contributed by atoms with Crippen LogP contribution >= 0.6 is 23.2 Å². The number of hydrogen-bond donors (Lipinski definition) is 2. The van der Waals surface area contributed by atoms with Gasteiger partial charge in [0.1, 0.15) is 0 Å². The second kappa shape index (κ2) is 7.48. The number of nitrogens with zero attached hydrogens (tertiary/aromatic N) is 2. The minimum Gasteiger partial charge on any atom is -0.494 e. The fourth-order valence-corrected chi connectivity index (χ4v) is 3.34. The lowest BCUT2D eigenvalue weighted by Crippen LogP contribution is -2.08. The SMILES string of the molecule is CCC(CO)N=Cc1c(O)n(-c2c(Cl)cccc2Cl)c2ccccc12. The first-order valence-electron chi connectivity index (χ1n) is 7.99. The average Bonchev–Trinajstić information content (AvgIpc) is 2.88. The molecule has 0 amide bonds. The summed E-state index contributed by atoms with van der Waals surface area (Å²) in [5.41, 5.74) is 1.86. The Morgan fingerprint density at radius 1 is 1.12 bits per heavy atom. The highest BCUT2D eigenvalue weighted by molar-refractivity contribution is 6.38. The molecule has 0 aliphatic rings. The van der Waals surface area contributed by atoms with E-state index in [0.29, 0.717) is 27.7 Å². The van der Waals surface area contributed by atoms with E-state index in [9.17, 15) is 10.2 Å². The molecule has 130 valence electrons. The fourth-order valence-electron chi connectivity index (χ4n) is 2.77. The summed E-state index contributed by atoms with van der Waals surface area (Å²) in [5, 5.41) is 21.9. The Hall–Kier alpha value is -2.01. The number of aromatic nitrogens is 1. The molecular weight excluding hydrogens is 359 g/mol. The molecule has 3 aromatic rings. The van der Waals surface area contributed by atoms with Gasteiger partial charge in [-0.15, -0.1) is 0 Å². The van der Waals surface area contributed by atoms with Crippen molar-refractivity contribution < 1.29 is 10.2 Å². The number of benzene rings is 2. The van der Waals surface area contributed by atoms with Crippen molar-refractivity contribution in [2.24, 2.45) is 4.99 Å². The van der Waals surface area contributed by atoms with E-state index in [1.54, 1.807) is 29.0 Å². The van der Waals surface area contributed by atoms with Crippen LogP contribution in [0.2, 0.25) is 10.0 Å². The van der Waals surface area contributed by atoms with Crippen LogP contribution in [0.4, 0.5) is 0 Å². The highest BCUT2D eigenvalue weighted by Gasteiger charge is 2.20. The van der Waals surface area contributed by atoms with Crippen LogP contribution in [0.1, 0.15) is 18.9 Å². The van der Waals surface area contributed by atoms with E-state index < -0.39 is 0 Å². The van der Waals surface area contributed by atoms with E-state index in [4.69, 9.17) is 23.2 Å². The van der Waals surface area contributed by atoms with Gasteiger partial charge in [0, 0.05) is 11.6 Å². The van der Waals surface area contributed by atoms with Crippen LogP contribution in [0, 0.1) is 0 Å². The Bertz CT molecular complexity index is 910. The second-order valence-corrected chi connectivity index (χ2v) is 6.50. The van der Waals surface area contributed by atoms with Gasteiger partial charge in [-0.25, -0.2) is 0 Å². The summed E-state index contributed by atoms with van der Waals surface area (Å²) in [5.74, 6) is 0.00717. The summed E-state index contributed by atoms with van der Waals surface area (Å²) in [6.45, 7) is 1.91. The minimum atomic E-state index is -0.203. The molecule has 25 heavy (non-hydrogen) atoms. The fraction of sp³-hybridized carbons (Fsp3) is 0.211. The third kappa shape index (κ3) is 3.25. The number of rotatable bonds is 5. The third-order valence-corrected chi connectivity index (χ3v) is 4.76. The van der Waals surface area contributed by atoms with Crippen LogP contribution < -0.4 is 0 Å². The minimum absolute atomic E-state index is 0.00717. The van der Waals surface area contributed by atoms with Crippen LogP contribution in [0.5, 0.6) is 5.88 Å². The number of para-hydroxylation sites is 2. The van der Waals surface area contributed by atoms with Gasteiger partial charge in [0.15, 0.2) is 0 Å². The molecule has 0 radical (unpaired) electrons. The Morgan fingerprint density at radius 3 is 2.44 bits per heavy atom. The van der Waals surface area contributed by atoms with Gasteiger partial charge < -0.3 is 10.2 Å². The van der Waals surface area contributed by atoms with Crippen molar-refractivity contribution in [1.82, 2.24) is 4.57 Å². The number of aromatic hydroxyl groups is 1. The first-order valence-corrected chi connectivity index (χ1v) is 8.74. The predicted molar refractivity (Wildman–Crippen MR) is 104 cm³/mol. The molecule has 2 N–H and O–H groups in total. The Kier molecular flexibility index (Phi) is 5.33. The van der Waals surface area contributed by atoms with Gasteiger partial charge in [-0.1, -0.05) is 54.4 Å². The number of fused-ring (bicyclic) bond motifs is 1. The van der Waals surface area contributed by atoms with E-state index in [-0.39, 0.29) is 18.5 Å². The molecule has 0 bridgehead atoms. The number of aliphatic imine (C=N–C) groups is 1. The van der Waals surface area contributed by atoms with Crippen molar-refractivity contribution in [3.05, 3.63) is 58.1 Å². The van der Waals surface area contributed by atoms with Gasteiger partial charge in [-0.3, -0.25) is 9.56 Å². The number of hydrogen-bond acceptors (Lipinski definition) is 3. The molecule has 0 spiro atoms. The highest BCUT2D eigenvalue weighted by Crippen LogP contribution is 2.38. The van der Waals surface area contributed by atoms with Gasteiger partial charge in [0.05, 0.1) is 39.5 Å². The van der Waals surface area contributed by atoms with Crippen molar-refractivity contribution in [2.75, 3.05) is 6.61 Å². The van der Waals surface area contributed by atoms with Crippen LogP contribution in [-0.4, -0.2) is 33.6 Å². The second-order valence-electron chi connectivity index (χ2n) is 5.68. The lowest BCUT2D eigenvalue weighted by atomic mass is 10.2. The summed E-state index contributed by atoms with van der Waals surface area (Å²) < 4.78 is 1.63. The zero-order valence-corrected chi connectivity index (χ0v) is 15.2. The first-order chi connectivity index (χ1) is 12.1. The molecule has 0 fully saturated rings. The van der Waals surface area contributed by atoms with E-state index >= 15 is 0 Å². The van der Waals surface area contributed by atoms with Crippen LogP contribution in [-0.2, 0) is 0 Å². The molecule has 3 rings (SSSR count). The van der Waals surface area contributed by atoms with Crippen molar-refractivity contribution in [2.45, 2.75) is 19.4 Å². The number of aliphatic hydroxyl groups is 1. The Balaban J connectivity index is 2.27. The van der Waals surface area contributed by atoms with Gasteiger partial charge in [0.2, 0.25) is 5.88 Å². The molecule has 0 aliphatic carbocycles. The molecule has 1 heterocycles. The normalized spacial score (nSPS) is 13.0. The van der Waals surface area contributed by atoms with Crippen molar-refractivity contribution >= 4 is 40.3 Å². The standard InChI is InChI=1S/C19H18Cl2N2O2/c1-2-12(11-24)22-10-14-13-6-3-4-9-17(13)23(19(14)25)18-15(20)7-5-8-16(18)21/h3-10,12,24-25H,2,11H2,1H3. The lowest BCUT2D eigenvalue weighted by molar-refractivity contribution is 0.264. The Labute approximate surface area is 156 Å². The summed E-state index contributed by atoms with van der Waals surface area (Å²) in [6.07, 6.45) is 2.31. The molecular formula is C19H18Cl2N2O2. The van der Waals surface area contributed by atoms with E-state index in [2.05, 4.69) is 4.99 Å². The molecule has 0 saturated carbocycles. The summed E-state index contributed by atoms with van der Waals surface area (Å²) in [6, 6.07) is 12.6. The quantitative estimate of drug-likeness (QED) is 0.626. The topological polar surface area (TPSA) is 57.8 Å². The molecule has 4 nitrogen and oxygen atoms in total. The molecule has 1 atom stereocenters. The lowest BCUT2D eigenvalue weighted by Gasteiger charge is -2.11. The largest absolute Gasteiger partial charge is 0.494 e. The molecule has 1 unspecified atom stereocenters. The van der Waals surface area contributed by atoms with E-state index in [1.165, 1.54) is 0 Å². The van der Waals surface area contributed by atoms with Crippen LogP contribution in [0.25, 0.3) is 16.6 Å². The molecule has 6 heteroatoms. The average molecular weight is 377 g/mol. The maximum atomic E-state index is 10.9. The van der Waals surface area contributed by atoms with Gasteiger partial charge in [-0.2, -0.15) is 0 Å². The monoisotopic (exact) mass is 376 g/mol. The maximum Gasteiger partial charge on any atom is 0.205 e. The first kappa shape index (κ1) is 17.8.